The second-order valence-electron chi connectivity index (χ2n) is 6.83. The minimum atomic E-state index is 0.0433. The predicted molar refractivity (Wildman–Crippen MR) is 87.9 cm³/mol. The molecule has 2 aliphatic rings. The van der Waals surface area contributed by atoms with Crippen LogP contribution >= 0.6 is 0 Å². The minimum absolute atomic E-state index is 0.0433. The van der Waals surface area contributed by atoms with Crippen molar-refractivity contribution in [3.05, 3.63) is 18.5 Å². The van der Waals surface area contributed by atoms with Gasteiger partial charge in [-0.1, -0.05) is 6.92 Å². The summed E-state index contributed by atoms with van der Waals surface area (Å²) in [5.74, 6) is 1.43. The van der Waals surface area contributed by atoms with Crippen molar-refractivity contribution in [1.29, 1.82) is 0 Å². The van der Waals surface area contributed by atoms with Crippen molar-refractivity contribution in [1.82, 2.24) is 20.0 Å². The van der Waals surface area contributed by atoms with Crippen LogP contribution in [0.15, 0.2) is 18.5 Å². The first-order valence-corrected chi connectivity index (χ1v) is 8.80. The molecular formula is C17H28N4O2. The fraction of sp³-hybridized carbons (Fsp3) is 0.765. The van der Waals surface area contributed by atoms with Crippen LogP contribution in [0.3, 0.4) is 0 Å². The maximum Gasteiger partial charge on any atom is 0.223 e. The first kappa shape index (κ1) is 16.5. The van der Waals surface area contributed by atoms with Crippen molar-refractivity contribution in [3.8, 4) is 0 Å². The molecule has 3 heterocycles. The zero-order valence-electron chi connectivity index (χ0n) is 14.0. The normalized spacial score (nSPS) is 24.6. The van der Waals surface area contributed by atoms with E-state index < -0.39 is 0 Å². The number of ether oxygens (including phenoxy) is 1. The standard InChI is InChI=1S/C17H28N4O2/c1-14(15-3-6-18-7-4-15)11-17(22)20-9-10-23-16(12-20)13-21-8-2-5-19-21/h2,5,8,14-16,18H,3-4,6-7,9-13H2,1H3. The SMILES string of the molecule is CC(CC(=O)N1CCOC(Cn2cccn2)C1)C1CCNCC1. The van der Waals surface area contributed by atoms with Gasteiger partial charge in [0, 0.05) is 31.9 Å². The van der Waals surface area contributed by atoms with E-state index >= 15 is 0 Å². The van der Waals surface area contributed by atoms with Crippen LogP contribution in [0, 0.1) is 11.8 Å². The highest BCUT2D eigenvalue weighted by Gasteiger charge is 2.28. The Morgan fingerprint density at radius 3 is 3.00 bits per heavy atom. The van der Waals surface area contributed by atoms with Crippen LogP contribution in [0.5, 0.6) is 0 Å². The third-order valence-corrected chi connectivity index (χ3v) is 5.13. The number of nitrogens with zero attached hydrogens (tertiary/aromatic N) is 3. The van der Waals surface area contributed by atoms with Crippen LogP contribution in [-0.4, -0.2) is 59.5 Å². The van der Waals surface area contributed by atoms with E-state index in [1.807, 2.05) is 21.8 Å². The second-order valence-corrected chi connectivity index (χ2v) is 6.83. The van der Waals surface area contributed by atoms with Gasteiger partial charge in [-0.25, -0.2) is 0 Å². The van der Waals surface area contributed by atoms with E-state index in [2.05, 4.69) is 17.3 Å². The summed E-state index contributed by atoms with van der Waals surface area (Å²) in [6.07, 6.45) is 6.80. The van der Waals surface area contributed by atoms with Gasteiger partial charge in [-0.15, -0.1) is 0 Å². The van der Waals surface area contributed by atoms with Gasteiger partial charge in [-0.3, -0.25) is 9.48 Å². The Morgan fingerprint density at radius 1 is 1.43 bits per heavy atom. The maximum absolute atomic E-state index is 12.6. The van der Waals surface area contributed by atoms with Crippen LogP contribution in [0.25, 0.3) is 0 Å². The van der Waals surface area contributed by atoms with Gasteiger partial charge in [-0.2, -0.15) is 5.10 Å². The van der Waals surface area contributed by atoms with Gasteiger partial charge in [0.05, 0.1) is 19.3 Å². The van der Waals surface area contributed by atoms with Gasteiger partial charge >= 0.3 is 0 Å². The molecule has 6 nitrogen and oxygen atoms in total. The van der Waals surface area contributed by atoms with E-state index in [4.69, 9.17) is 4.74 Å². The van der Waals surface area contributed by atoms with Crippen LogP contribution in [0.2, 0.25) is 0 Å². The molecule has 1 amide bonds. The average molecular weight is 320 g/mol. The van der Waals surface area contributed by atoms with Gasteiger partial charge < -0.3 is 15.0 Å². The number of hydrogen-bond donors (Lipinski definition) is 1. The molecule has 0 aliphatic carbocycles. The number of carbonyl (C=O) groups is 1. The van der Waals surface area contributed by atoms with Crippen molar-refractivity contribution in [2.45, 2.75) is 38.8 Å². The largest absolute Gasteiger partial charge is 0.373 e. The van der Waals surface area contributed by atoms with E-state index in [-0.39, 0.29) is 12.0 Å². The van der Waals surface area contributed by atoms with Crippen molar-refractivity contribution >= 4 is 5.91 Å². The Morgan fingerprint density at radius 2 is 2.26 bits per heavy atom. The Balaban J connectivity index is 1.48. The highest BCUT2D eigenvalue weighted by Crippen LogP contribution is 2.25. The van der Waals surface area contributed by atoms with Gasteiger partial charge in [-0.05, 0) is 43.8 Å². The van der Waals surface area contributed by atoms with E-state index in [0.717, 1.165) is 13.1 Å². The zero-order valence-corrected chi connectivity index (χ0v) is 14.0. The van der Waals surface area contributed by atoms with E-state index in [1.165, 1.54) is 12.8 Å². The average Bonchev–Trinajstić information content (AvgIpc) is 3.09. The van der Waals surface area contributed by atoms with Gasteiger partial charge in [0.25, 0.3) is 0 Å². The molecule has 0 bridgehead atoms. The summed E-state index contributed by atoms with van der Waals surface area (Å²) in [4.78, 5) is 14.6. The van der Waals surface area contributed by atoms with E-state index in [9.17, 15) is 4.79 Å². The lowest BCUT2D eigenvalue weighted by Gasteiger charge is -2.35. The first-order chi connectivity index (χ1) is 11.2. The number of amides is 1. The third kappa shape index (κ3) is 4.54. The van der Waals surface area contributed by atoms with Gasteiger partial charge in [0.15, 0.2) is 0 Å². The molecule has 2 aliphatic heterocycles. The van der Waals surface area contributed by atoms with Crippen LogP contribution in [0.1, 0.15) is 26.2 Å². The number of morpholine rings is 1. The van der Waals surface area contributed by atoms with Gasteiger partial charge in [0.2, 0.25) is 5.91 Å². The molecule has 3 rings (SSSR count). The minimum Gasteiger partial charge on any atom is -0.373 e. The Labute approximate surface area is 138 Å². The summed E-state index contributed by atoms with van der Waals surface area (Å²) in [6.45, 7) is 7.14. The quantitative estimate of drug-likeness (QED) is 0.884. The summed E-state index contributed by atoms with van der Waals surface area (Å²) in [5.41, 5.74) is 0. The molecule has 0 radical (unpaired) electrons. The predicted octanol–water partition coefficient (Wildman–Crippen LogP) is 1.14. The maximum atomic E-state index is 12.6. The second kappa shape index (κ2) is 7.93. The molecule has 0 saturated carbocycles. The highest BCUT2D eigenvalue weighted by atomic mass is 16.5. The Kier molecular flexibility index (Phi) is 5.67. The molecule has 2 saturated heterocycles. The fourth-order valence-corrected chi connectivity index (χ4v) is 3.66. The molecule has 6 heteroatoms. The number of hydrogen-bond acceptors (Lipinski definition) is 4. The lowest BCUT2D eigenvalue weighted by molar-refractivity contribution is -0.140. The summed E-state index contributed by atoms with van der Waals surface area (Å²) < 4.78 is 7.66. The lowest BCUT2D eigenvalue weighted by atomic mass is 9.84. The number of nitrogens with one attached hydrogen (secondary N) is 1. The third-order valence-electron chi connectivity index (χ3n) is 5.13. The summed E-state index contributed by atoms with van der Waals surface area (Å²) in [5, 5.41) is 7.61. The van der Waals surface area contributed by atoms with Crippen LogP contribution in [0.4, 0.5) is 0 Å². The number of aromatic nitrogens is 2. The van der Waals surface area contributed by atoms with Crippen molar-refractivity contribution in [2.75, 3.05) is 32.8 Å². The lowest BCUT2D eigenvalue weighted by Crippen LogP contribution is -2.47. The van der Waals surface area contributed by atoms with Crippen molar-refractivity contribution < 1.29 is 9.53 Å². The molecule has 2 unspecified atom stereocenters. The Hall–Kier alpha value is -1.40. The zero-order chi connectivity index (χ0) is 16.1. The topological polar surface area (TPSA) is 59.4 Å². The van der Waals surface area contributed by atoms with E-state index in [1.54, 1.807) is 6.20 Å². The molecule has 2 fully saturated rings. The monoisotopic (exact) mass is 320 g/mol. The van der Waals surface area contributed by atoms with Crippen LogP contribution < -0.4 is 5.32 Å². The number of rotatable bonds is 5. The summed E-state index contributed by atoms with van der Waals surface area (Å²) in [6, 6.07) is 1.91. The van der Waals surface area contributed by atoms with E-state index in [0.29, 0.717) is 44.5 Å². The smallest absolute Gasteiger partial charge is 0.223 e. The number of carbonyl (C=O) groups excluding carboxylic acids is 1. The summed E-state index contributed by atoms with van der Waals surface area (Å²) >= 11 is 0. The van der Waals surface area contributed by atoms with Crippen LogP contribution in [-0.2, 0) is 16.1 Å². The van der Waals surface area contributed by atoms with Gasteiger partial charge in [0.1, 0.15) is 0 Å². The molecule has 1 N–H and O–H groups in total. The molecule has 128 valence electrons. The number of piperidine rings is 1. The molecule has 23 heavy (non-hydrogen) atoms. The van der Waals surface area contributed by atoms with Crippen molar-refractivity contribution in [2.24, 2.45) is 11.8 Å². The summed E-state index contributed by atoms with van der Waals surface area (Å²) in [7, 11) is 0. The fourth-order valence-electron chi connectivity index (χ4n) is 3.66. The highest BCUT2D eigenvalue weighted by molar-refractivity contribution is 5.76. The Bertz CT molecular complexity index is 485. The molecule has 0 spiro atoms. The first-order valence-electron chi connectivity index (χ1n) is 8.80. The molecule has 1 aromatic rings. The molecule has 0 aromatic carbocycles. The van der Waals surface area contributed by atoms with Crippen molar-refractivity contribution in [3.63, 3.8) is 0 Å². The molecule has 2 atom stereocenters. The molecule has 1 aromatic heterocycles. The molecular weight excluding hydrogens is 292 g/mol.